The molecule has 16 heavy (non-hydrogen) atoms. The highest BCUT2D eigenvalue weighted by Gasteiger charge is 2.16. The first-order valence-corrected chi connectivity index (χ1v) is 5.60. The maximum absolute atomic E-state index is 5.89. The summed E-state index contributed by atoms with van der Waals surface area (Å²) in [5, 5.41) is 3.31. The summed E-state index contributed by atoms with van der Waals surface area (Å²) >= 11 is 0. The highest BCUT2D eigenvalue weighted by Crippen LogP contribution is 2.30. The minimum atomic E-state index is 0.228. The Balaban J connectivity index is 2.07. The number of hydrogen-bond acceptors (Lipinski definition) is 4. The first-order chi connectivity index (χ1) is 7.79. The fourth-order valence-corrected chi connectivity index (χ4v) is 1.88. The van der Waals surface area contributed by atoms with E-state index in [1.54, 1.807) is 13.2 Å². The molecule has 1 heterocycles. The van der Waals surface area contributed by atoms with E-state index in [4.69, 9.17) is 15.2 Å². The number of methoxy groups -OCH3 is 1. The lowest BCUT2D eigenvalue weighted by Crippen LogP contribution is -2.37. The summed E-state index contributed by atoms with van der Waals surface area (Å²) in [5.74, 6) is 1.47. The molecular weight excluding hydrogens is 204 g/mol. The topological polar surface area (TPSA) is 56.5 Å². The normalized spacial score (nSPS) is 20.4. The van der Waals surface area contributed by atoms with Gasteiger partial charge in [0.25, 0.3) is 0 Å². The fraction of sp³-hybridized carbons (Fsp3) is 0.500. The van der Waals surface area contributed by atoms with Crippen LogP contribution in [0, 0.1) is 0 Å². The summed E-state index contributed by atoms with van der Waals surface area (Å²) in [6.07, 6.45) is 2.47. The van der Waals surface area contributed by atoms with Crippen LogP contribution >= 0.6 is 0 Å². The molecule has 4 nitrogen and oxygen atoms in total. The molecule has 88 valence electrons. The lowest BCUT2D eigenvalue weighted by atomic mass is 10.1. The van der Waals surface area contributed by atoms with Gasteiger partial charge in [0.05, 0.1) is 7.11 Å². The van der Waals surface area contributed by atoms with E-state index in [0.29, 0.717) is 11.4 Å². The molecule has 0 spiro atoms. The second-order valence-corrected chi connectivity index (χ2v) is 4.00. The molecule has 1 aromatic rings. The first-order valence-electron chi connectivity index (χ1n) is 5.60. The van der Waals surface area contributed by atoms with E-state index >= 15 is 0 Å². The van der Waals surface area contributed by atoms with Gasteiger partial charge in [0.15, 0.2) is 11.5 Å². The Morgan fingerprint density at radius 2 is 2.25 bits per heavy atom. The number of nitrogen functional groups attached to an aromatic ring is 1. The van der Waals surface area contributed by atoms with Gasteiger partial charge in [0.1, 0.15) is 6.10 Å². The van der Waals surface area contributed by atoms with Crippen molar-refractivity contribution >= 4 is 5.69 Å². The summed E-state index contributed by atoms with van der Waals surface area (Å²) in [5.41, 5.74) is 6.37. The van der Waals surface area contributed by atoms with Crippen molar-refractivity contribution in [1.29, 1.82) is 0 Å². The number of hydrogen-bond donors (Lipinski definition) is 2. The van der Waals surface area contributed by atoms with Crippen LogP contribution in [-0.4, -0.2) is 26.3 Å². The third-order valence-electron chi connectivity index (χ3n) is 2.73. The molecule has 0 saturated carbocycles. The second-order valence-electron chi connectivity index (χ2n) is 4.00. The third kappa shape index (κ3) is 2.58. The molecule has 0 aliphatic carbocycles. The minimum absolute atomic E-state index is 0.228. The standard InChI is InChI=1S/C12H18N2O2/c1-15-12-7-9(13)4-5-11(12)16-10-3-2-6-14-8-10/h4-5,7,10,14H,2-3,6,8,13H2,1H3/t10-/m1/s1. The molecule has 1 aromatic carbocycles. The number of piperidine rings is 1. The zero-order valence-electron chi connectivity index (χ0n) is 9.53. The largest absolute Gasteiger partial charge is 0.493 e. The van der Waals surface area contributed by atoms with Gasteiger partial charge in [-0.3, -0.25) is 0 Å². The molecule has 0 radical (unpaired) electrons. The van der Waals surface area contributed by atoms with E-state index in [-0.39, 0.29) is 6.10 Å². The fourth-order valence-electron chi connectivity index (χ4n) is 1.88. The zero-order valence-corrected chi connectivity index (χ0v) is 9.53. The molecule has 0 unspecified atom stereocenters. The zero-order chi connectivity index (χ0) is 11.4. The Labute approximate surface area is 95.7 Å². The Kier molecular flexibility index (Phi) is 3.51. The summed E-state index contributed by atoms with van der Waals surface area (Å²) in [6, 6.07) is 5.47. The van der Waals surface area contributed by atoms with Crippen molar-refractivity contribution in [1.82, 2.24) is 5.32 Å². The number of rotatable bonds is 3. The van der Waals surface area contributed by atoms with Gasteiger partial charge in [-0.15, -0.1) is 0 Å². The van der Waals surface area contributed by atoms with Gasteiger partial charge in [-0.2, -0.15) is 0 Å². The van der Waals surface area contributed by atoms with E-state index in [0.717, 1.165) is 31.7 Å². The van der Waals surface area contributed by atoms with Crippen molar-refractivity contribution in [2.75, 3.05) is 25.9 Å². The van der Waals surface area contributed by atoms with Crippen LogP contribution in [0.5, 0.6) is 11.5 Å². The Hall–Kier alpha value is -1.42. The van der Waals surface area contributed by atoms with Gasteiger partial charge in [-0.05, 0) is 31.5 Å². The van der Waals surface area contributed by atoms with Gasteiger partial charge < -0.3 is 20.5 Å². The van der Waals surface area contributed by atoms with E-state index in [1.165, 1.54) is 0 Å². The lowest BCUT2D eigenvalue weighted by Gasteiger charge is -2.24. The van der Waals surface area contributed by atoms with Crippen molar-refractivity contribution in [2.45, 2.75) is 18.9 Å². The quantitative estimate of drug-likeness (QED) is 0.759. The van der Waals surface area contributed by atoms with Crippen LogP contribution in [0.3, 0.4) is 0 Å². The first kappa shape index (κ1) is 11.1. The molecule has 3 N–H and O–H groups in total. The second kappa shape index (κ2) is 5.07. The van der Waals surface area contributed by atoms with Crippen molar-refractivity contribution < 1.29 is 9.47 Å². The van der Waals surface area contributed by atoms with Gasteiger partial charge in [-0.1, -0.05) is 0 Å². The van der Waals surface area contributed by atoms with Crippen molar-refractivity contribution in [3.05, 3.63) is 18.2 Å². The van der Waals surface area contributed by atoms with Crippen LogP contribution in [0.25, 0.3) is 0 Å². The van der Waals surface area contributed by atoms with Gasteiger partial charge in [0, 0.05) is 18.3 Å². The van der Waals surface area contributed by atoms with Crippen LogP contribution in [0.4, 0.5) is 5.69 Å². The van der Waals surface area contributed by atoms with E-state index < -0.39 is 0 Å². The highest BCUT2D eigenvalue weighted by atomic mass is 16.5. The smallest absolute Gasteiger partial charge is 0.162 e. The molecule has 1 aliphatic rings. The van der Waals surface area contributed by atoms with Crippen LogP contribution in [0.1, 0.15) is 12.8 Å². The number of benzene rings is 1. The predicted molar refractivity (Wildman–Crippen MR) is 63.9 cm³/mol. The van der Waals surface area contributed by atoms with E-state index in [1.807, 2.05) is 12.1 Å². The Morgan fingerprint density at radius 1 is 1.38 bits per heavy atom. The third-order valence-corrected chi connectivity index (χ3v) is 2.73. The van der Waals surface area contributed by atoms with Gasteiger partial charge in [0.2, 0.25) is 0 Å². The average molecular weight is 222 g/mol. The average Bonchev–Trinajstić information content (AvgIpc) is 2.33. The predicted octanol–water partition coefficient (Wildman–Crippen LogP) is 1.41. The summed E-state index contributed by atoms with van der Waals surface area (Å²) in [7, 11) is 1.63. The summed E-state index contributed by atoms with van der Waals surface area (Å²) in [4.78, 5) is 0. The summed E-state index contributed by atoms with van der Waals surface area (Å²) in [6.45, 7) is 1.98. The van der Waals surface area contributed by atoms with Crippen molar-refractivity contribution in [3.8, 4) is 11.5 Å². The molecule has 4 heteroatoms. The van der Waals surface area contributed by atoms with Crippen LogP contribution in [-0.2, 0) is 0 Å². The molecule has 1 aliphatic heterocycles. The molecule has 0 amide bonds. The van der Waals surface area contributed by atoms with Crippen LogP contribution in [0.15, 0.2) is 18.2 Å². The van der Waals surface area contributed by atoms with Gasteiger partial charge >= 0.3 is 0 Å². The maximum atomic E-state index is 5.89. The lowest BCUT2D eigenvalue weighted by molar-refractivity contribution is 0.161. The number of ether oxygens (including phenoxy) is 2. The Bertz CT molecular complexity index is 349. The number of nitrogens with two attached hydrogens (primary N) is 1. The van der Waals surface area contributed by atoms with Crippen LogP contribution < -0.4 is 20.5 Å². The molecular formula is C12H18N2O2. The molecule has 0 aromatic heterocycles. The maximum Gasteiger partial charge on any atom is 0.162 e. The van der Waals surface area contributed by atoms with Crippen molar-refractivity contribution in [2.24, 2.45) is 0 Å². The van der Waals surface area contributed by atoms with E-state index in [2.05, 4.69) is 5.32 Å². The highest BCUT2D eigenvalue weighted by molar-refractivity contribution is 5.52. The monoisotopic (exact) mass is 222 g/mol. The SMILES string of the molecule is COc1cc(N)ccc1O[C@@H]1CCCNC1. The number of anilines is 1. The van der Waals surface area contributed by atoms with Gasteiger partial charge in [-0.25, -0.2) is 0 Å². The molecule has 2 rings (SSSR count). The van der Waals surface area contributed by atoms with Crippen molar-refractivity contribution in [3.63, 3.8) is 0 Å². The minimum Gasteiger partial charge on any atom is -0.493 e. The molecule has 1 fully saturated rings. The summed E-state index contributed by atoms with van der Waals surface area (Å²) < 4.78 is 11.1. The van der Waals surface area contributed by atoms with E-state index in [9.17, 15) is 0 Å². The van der Waals surface area contributed by atoms with Crippen LogP contribution in [0.2, 0.25) is 0 Å². The Morgan fingerprint density at radius 3 is 2.94 bits per heavy atom. The molecule has 1 saturated heterocycles. The number of nitrogens with one attached hydrogen (secondary N) is 1. The molecule has 0 bridgehead atoms. The molecule has 1 atom stereocenters.